The molecule has 1 rings (SSSR count). The molecule has 0 saturated carbocycles. The van der Waals surface area contributed by atoms with Gasteiger partial charge in [-0.1, -0.05) is 25.4 Å². The van der Waals surface area contributed by atoms with Gasteiger partial charge in [-0.3, -0.25) is 0 Å². The first-order chi connectivity index (χ1) is 6.54. The predicted molar refractivity (Wildman–Crippen MR) is 63.8 cm³/mol. The second-order valence-corrected chi connectivity index (χ2v) is 3.81. The molecule has 0 fully saturated rings. The zero-order chi connectivity index (χ0) is 10.9. The maximum Gasteiger partial charge on any atom is 0.0511 e. The molecule has 0 unspecified atom stereocenters. The molecule has 0 saturated heterocycles. The van der Waals surface area contributed by atoms with Gasteiger partial charge in [0.15, 0.2) is 0 Å². The first-order valence-electron chi connectivity index (χ1n) is 4.89. The molecule has 1 aromatic rings. The van der Waals surface area contributed by atoms with Gasteiger partial charge in [-0.15, -0.1) is 0 Å². The Kier molecular flexibility index (Phi) is 3.27. The van der Waals surface area contributed by atoms with Crippen molar-refractivity contribution in [3.63, 3.8) is 0 Å². The normalized spacial score (nSPS) is 10.6. The molecule has 2 nitrogen and oxygen atoms in total. The minimum atomic E-state index is 0.743. The molecule has 4 N–H and O–H groups in total. The maximum atomic E-state index is 6.23. The van der Waals surface area contributed by atoms with Gasteiger partial charge in [0.05, 0.1) is 5.02 Å². The molecule has 1 aromatic carbocycles. The third-order valence-electron chi connectivity index (χ3n) is 2.70. The van der Waals surface area contributed by atoms with E-state index in [4.69, 9.17) is 23.1 Å². The number of anilines is 2. The molecule has 0 bridgehead atoms. The summed E-state index contributed by atoms with van der Waals surface area (Å²) in [5.41, 5.74) is 16.4. The first-order valence-corrected chi connectivity index (χ1v) is 5.27. The Morgan fingerprint density at radius 3 is 1.64 bits per heavy atom. The van der Waals surface area contributed by atoms with E-state index in [0.717, 1.165) is 45.9 Å². The Morgan fingerprint density at radius 1 is 1.00 bits per heavy atom. The van der Waals surface area contributed by atoms with Crippen molar-refractivity contribution in [3.8, 4) is 0 Å². The molecule has 0 amide bonds. The average molecular weight is 213 g/mol. The number of nitrogens with two attached hydrogens (primary N) is 2. The van der Waals surface area contributed by atoms with Gasteiger partial charge < -0.3 is 11.5 Å². The Hall–Kier alpha value is -0.890. The van der Waals surface area contributed by atoms with E-state index in [-0.39, 0.29) is 0 Å². The number of hydrogen-bond donors (Lipinski definition) is 2. The van der Waals surface area contributed by atoms with E-state index in [1.165, 1.54) is 0 Å². The standard InChI is InChI=1S/C11H17ClN2/c1-4-7-9(12)8(5-2)11(14)6(3)10(7)13/h4-5,13-14H2,1-3H3. The summed E-state index contributed by atoms with van der Waals surface area (Å²) in [7, 11) is 0. The molecule has 0 spiro atoms. The topological polar surface area (TPSA) is 52.0 Å². The van der Waals surface area contributed by atoms with Crippen LogP contribution >= 0.6 is 11.6 Å². The highest BCUT2D eigenvalue weighted by Crippen LogP contribution is 2.35. The Bertz CT molecular complexity index is 328. The fraction of sp³-hybridized carbons (Fsp3) is 0.455. The number of halogens is 1. The van der Waals surface area contributed by atoms with E-state index in [2.05, 4.69) is 0 Å². The lowest BCUT2D eigenvalue weighted by atomic mass is 9.98. The molecule has 78 valence electrons. The molecule has 0 aliphatic carbocycles. The van der Waals surface area contributed by atoms with Crippen molar-refractivity contribution >= 4 is 23.0 Å². The molecular weight excluding hydrogens is 196 g/mol. The summed E-state index contributed by atoms with van der Waals surface area (Å²) in [5, 5.41) is 0.746. The van der Waals surface area contributed by atoms with Gasteiger partial charge >= 0.3 is 0 Å². The van der Waals surface area contributed by atoms with Crippen LogP contribution in [0.4, 0.5) is 11.4 Å². The summed E-state index contributed by atoms with van der Waals surface area (Å²) in [6, 6.07) is 0. The lowest BCUT2D eigenvalue weighted by Crippen LogP contribution is -2.06. The zero-order valence-electron chi connectivity index (χ0n) is 8.95. The quantitative estimate of drug-likeness (QED) is 0.741. The molecule has 0 aliphatic heterocycles. The van der Waals surface area contributed by atoms with Crippen molar-refractivity contribution in [2.45, 2.75) is 33.6 Å². The smallest absolute Gasteiger partial charge is 0.0511 e. The predicted octanol–water partition coefficient (Wildman–Crippen LogP) is 2.94. The Balaban J connectivity index is 3.56. The van der Waals surface area contributed by atoms with Gasteiger partial charge in [-0.25, -0.2) is 0 Å². The number of nitrogen functional groups attached to an aromatic ring is 2. The second-order valence-electron chi connectivity index (χ2n) is 3.43. The molecule has 0 aliphatic rings. The van der Waals surface area contributed by atoms with Crippen molar-refractivity contribution in [2.75, 3.05) is 11.5 Å². The van der Waals surface area contributed by atoms with Crippen molar-refractivity contribution < 1.29 is 0 Å². The van der Waals surface area contributed by atoms with Crippen LogP contribution < -0.4 is 11.5 Å². The second kappa shape index (κ2) is 4.09. The van der Waals surface area contributed by atoms with Crippen molar-refractivity contribution in [2.24, 2.45) is 0 Å². The average Bonchev–Trinajstić information content (AvgIpc) is 2.16. The van der Waals surface area contributed by atoms with Gasteiger partial charge in [0.2, 0.25) is 0 Å². The summed E-state index contributed by atoms with van der Waals surface area (Å²) in [5.74, 6) is 0. The van der Waals surface area contributed by atoms with Crippen molar-refractivity contribution in [1.29, 1.82) is 0 Å². The van der Waals surface area contributed by atoms with Gasteiger partial charge in [0, 0.05) is 11.4 Å². The summed E-state index contributed by atoms with van der Waals surface area (Å²) >= 11 is 6.23. The first kappa shape index (κ1) is 11.2. The van der Waals surface area contributed by atoms with Crippen LogP contribution in [0.1, 0.15) is 30.5 Å². The van der Waals surface area contributed by atoms with E-state index >= 15 is 0 Å². The molecule has 3 heteroatoms. The van der Waals surface area contributed by atoms with Crippen LogP contribution in [0, 0.1) is 6.92 Å². The summed E-state index contributed by atoms with van der Waals surface area (Å²) in [6.07, 6.45) is 1.69. The summed E-state index contributed by atoms with van der Waals surface area (Å²) in [6.45, 7) is 6.04. The fourth-order valence-electron chi connectivity index (χ4n) is 1.71. The van der Waals surface area contributed by atoms with Crippen molar-refractivity contribution in [3.05, 3.63) is 21.7 Å². The number of hydrogen-bond acceptors (Lipinski definition) is 2. The molecular formula is C11H17ClN2. The van der Waals surface area contributed by atoms with Crippen LogP contribution in [-0.4, -0.2) is 0 Å². The van der Waals surface area contributed by atoms with Crippen LogP contribution in [0.3, 0.4) is 0 Å². The summed E-state index contributed by atoms with van der Waals surface area (Å²) < 4.78 is 0. The Labute approximate surface area is 90.2 Å². The van der Waals surface area contributed by atoms with E-state index in [0.29, 0.717) is 0 Å². The van der Waals surface area contributed by atoms with Crippen LogP contribution in [0.2, 0.25) is 5.02 Å². The molecule has 14 heavy (non-hydrogen) atoms. The highest BCUT2D eigenvalue weighted by molar-refractivity contribution is 6.33. The fourth-order valence-corrected chi connectivity index (χ4v) is 2.18. The van der Waals surface area contributed by atoms with Gasteiger partial charge in [0.25, 0.3) is 0 Å². The monoisotopic (exact) mass is 212 g/mol. The van der Waals surface area contributed by atoms with E-state index < -0.39 is 0 Å². The molecule has 0 atom stereocenters. The van der Waals surface area contributed by atoms with E-state index in [1.54, 1.807) is 0 Å². The summed E-state index contributed by atoms with van der Waals surface area (Å²) in [4.78, 5) is 0. The van der Waals surface area contributed by atoms with Crippen LogP contribution in [0.15, 0.2) is 0 Å². The third-order valence-corrected chi connectivity index (χ3v) is 3.15. The largest absolute Gasteiger partial charge is 0.398 e. The van der Waals surface area contributed by atoms with Crippen LogP contribution in [0.5, 0.6) is 0 Å². The SMILES string of the molecule is CCc1c(N)c(C)c(N)c(CC)c1Cl. The molecule has 0 aromatic heterocycles. The minimum Gasteiger partial charge on any atom is -0.398 e. The van der Waals surface area contributed by atoms with Gasteiger partial charge in [-0.2, -0.15) is 0 Å². The van der Waals surface area contributed by atoms with Gasteiger partial charge in [-0.05, 0) is 36.5 Å². The van der Waals surface area contributed by atoms with Crippen LogP contribution in [-0.2, 0) is 12.8 Å². The van der Waals surface area contributed by atoms with E-state index in [1.807, 2.05) is 20.8 Å². The van der Waals surface area contributed by atoms with Crippen LogP contribution in [0.25, 0.3) is 0 Å². The zero-order valence-corrected chi connectivity index (χ0v) is 9.70. The van der Waals surface area contributed by atoms with Gasteiger partial charge in [0.1, 0.15) is 0 Å². The minimum absolute atomic E-state index is 0.743. The maximum absolute atomic E-state index is 6.23. The Morgan fingerprint density at radius 2 is 1.36 bits per heavy atom. The molecule has 0 heterocycles. The highest BCUT2D eigenvalue weighted by atomic mass is 35.5. The highest BCUT2D eigenvalue weighted by Gasteiger charge is 2.14. The lowest BCUT2D eigenvalue weighted by molar-refractivity contribution is 1.08. The number of benzene rings is 1. The lowest BCUT2D eigenvalue weighted by Gasteiger charge is -2.16. The third kappa shape index (κ3) is 1.55. The van der Waals surface area contributed by atoms with Crippen molar-refractivity contribution in [1.82, 2.24) is 0 Å². The number of rotatable bonds is 2. The molecule has 0 radical (unpaired) electrons. The van der Waals surface area contributed by atoms with E-state index in [9.17, 15) is 0 Å².